The molecule has 0 aliphatic heterocycles. The molecule has 1 saturated carbocycles. The molecule has 30 heavy (non-hydrogen) atoms. The van der Waals surface area contributed by atoms with Crippen LogP contribution in [0.1, 0.15) is 43.4 Å². The Labute approximate surface area is 171 Å². The maximum atomic E-state index is 14.2. The summed E-state index contributed by atoms with van der Waals surface area (Å²) >= 11 is 0. The standard InChI is InChI=1S/C21H21F4N3O2/c1-2-30-20(29)28(10-17(24)25)11-21-7-6-12(9-21)13-8-16(26-27-19(13)21)18-14(22)4-3-5-15(18)23/h3-5,8,12,17H,2,6-7,9-11H2,1H3/t12-,21+/m1/s1. The van der Waals surface area contributed by atoms with E-state index in [9.17, 15) is 22.4 Å². The number of aromatic nitrogens is 2. The van der Waals surface area contributed by atoms with Gasteiger partial charge in [0.05, 0.1) is 30.1 Å². The van der Waals surface area contributed by atoms with Crippen molar-refractivity contribution in [2.24, 2.45) is 0 Å². The Bertz CT molecular complexity index is 951. The molecule has 2 bridgehead atoms. The van der Waals surface area contributed by atoms with E-state index in [1.807, 2.05) is 0 Å². The lowest BCUT2D eigenvalue weighted by molar-refractivity contribution is 0.0537. The van der Waals surface area contributed by atoms with E-state index in [0.29, 0.717) is 18.5 Å². The van der Waals surface area contributed by atoms with Crippen LogP contribution in [0.2, 0.25) is 0 Å². The smallest absolute Gasteiger partial charge is 0.409 e. The van der Waals surface area contributed by atoms with Crippen LogP contribution >= 0.6 is 0 Å². The van der Waals surface area contributed by atoms with E-state index >= 15 is 0 Å². The number of ether oxygens (including phenoxy) is 1. The van der Waals surface area contributed by atoms with Crippen molar-refractivity contribution in [2.45, 2.75) is 43.9 Å². The molecular formula is C21H21F4N3O2. The Morgan fingerprint density at radius 1 is 1.30 bits per heavy atom. The van der Waals surface area contributed by atoms with E-state index in [1.165, 1.54) is 6.07 Å². The molecule has 0 unspecified atom stereocenters. The summed E-state index contributed by atoms with van der Waals surface area (Å²) in [6.45, 7) is 1.01. The summed E-state index contributed by atoms with van der Waals surface area (Å²) in [5, 5.41) is 8.30. The quantitative estimate of drug-likeness (QED) is 0.634. The van der Waals surface area contributed by atoms with Gasteiger partial charge in [0.2, 0.25) is 0 Å². The normalized spacial score (nSPS) is 21.7. The number of carbonyl (C=O) groups is 1. The Balaban J connectivity index is 1.68. The van der Waals surface area contributed by atoms with Crippen molar-refractivity contribution in [3.63, 3.8) is 0 Å². The molecule has 2 aliphatic carbocycles. The second-order valence-corrected chi connectivity index (χ2v) is 7.82. The van der Waals surface area contributed by atoms with Crippen LogP contribution in [0, 0.1) is 11.6 Å². The van der Waals surface area contributed by atoms with Crippen LogP contribution < -0.4 is 0 Å². The highest BCUT2D eigenvalue weighted by molar-refractivity contribution is 5.68. The molecule has 4 rings (SSSR count). The third-order valence-corrected chi connectivity index (χ3v) is 5.97. The zero-order chi connectivity index (χ0) is 21.5. The molecule has 9 heteroatoms. The number of fused-ring (bicyclic) bond motifs is 5. The molecule has 1 aromatic heterocycles. The van der Waals surface area contributed by atoms with Crippen molar-refractivity contribution in [1.82, 2.24) is 15.1 Å². The molecule has 2 atom stereocenters. The van der Waals surface area contributed by atoms with Gasteiger partial charge in [0.1, 0.15) is 11.6 Å². The van der Waals surface area contributed by atoms with Gasteiger partial charge in [-0.25, -0.2) is 22.4 Å². The highest BCUT2D eigenvalue weighted by atomic mass is 19.3. The molecular weight excluding hydrogens is 402 g/mol. The molecule has 0 N–H and O–H groups in total. The largest absolute Gasteiger partial charge is 0.450 e. The van der Waals surface area contributed by atoms with Gasteiger partial charge in [-0.3, -0.25) is 0 Å². The van der Waals surface area contributed by atoms with Crippen LogP contribution in [-0.2, 0) is 10.2 Å². The number of hydrogen-bond donors (Lipinski definition) is 0. The number of nitrogens with zero attached hydrogens (tertiary/aromatic N) is 3. The average molecular weight is 423 g/mol. The molecule has 5 nitrogen and oxygen atoms in total. The average Bonchev–Trinajstić information content (AvgIpc) is 3.24. The first kappa shape index (κ1) is 20.6. The Hall–Kier alpha value is -2.71. The fourth-order valence-electron chi connectivity index (χ4n) is 4.77. The maximum Gasteiger partial charge on any atom is 0.409 e. The zero-order valence-electron chi connectivity index (χ0n) is 16.4. The number of alkyl halides is 2. The lowest BCUT2D eigenvalue weighted by Crippen LogP contribution is -2.45. The molecule has 2 aromatic rings. The topological polar surface area (TPSA) is 55.3 Å². The first-order valence-corrected chi connectivity index (χ1v) is 9.87. The van der Waals surface area contributed by atoms with Crippen LogP contribution in [0.4, 0.5) is 22.4 Å². The fourth-order valence-corrected chi connectivity index (χ4v) is 4.77. The Morgan fingerprint density at radius 3 is 2.70 bits per heavy atom. The molecule has 0 spiro atoms. The summed E-state index contributed by atoms with van der Waals surface area (Å²) in [5.41, 5.74) is 0.677. The van der Waals surface area contributed by atoms with E-state index < -0.39 is 36.1 Å². The first-order valence-electron chi connectivity index (χ1n) is 9.87. The second kappa shape index (κ2) is 7.85. The van der Waals surface area contributed by atoms with Gasteiger partial charge in [-0.2, -0.15) is 10.2 Å². The van der Waals surface area contributed by atoms with Gasteiger partial charge in [0, 0.05) is 12.0 Å². The molecule has 160 valence electrons. The van der Waals surface area contributed by atoms with E-state index in [2.05, 4.69) is 10.2 Å². The van der Waals surface area contributed by atoms with Gasteiger partial charge in [-0.15, -0.1) is 0 Å². The molecule has 0 radical (unpaired) electrons. The minimum absolute atomic E-state index is 0.0434. The van der Waals surface area contributed by atoms with Crippen molar-refractivity contribution in [2.75, 3.05) is 19.7 Å². The molecule has 2 aliphatic rings. The fraction of sp³-hybridized carbons (Fsp3) is 0.476. The van der Waals surface area contributed by atoms with E-state index in [1.54, 1.807) is 13.0 Å². The summed E-state index contributed by atoms with van der Waals surface area (Å²) in [6, 6.07) is 5.22. The summed E-state index contributed by atoms with van der Waals surface area (Å²) in [6.07, 6.45) is -1.41. The van der Waals surface area contributed by atoms with Crippen molar-refractivity contribution in [1.29, 1.82) is 0 Å². The molecule has 1 amide bonds. The van der Waals surface area contributed by atoms with Crippen molar-refractivity contribution in [3.05, 3.63) is 47.2 Å². The molecule has 1 heterocycles. The van der Waals surface area contributed by atoms with Crippen molar-refractivity contribution >= 4 is 6.09 Å². The maximum absolute atomic E-state index is 14.2. The van der Waals surface area contributed by atoms with Gasteiger partial charge in [0.25, 0.3) is 6.43 Å². The predicted molar refractivity (Wildman–Crippen MR) is 100 cm³/mol. The van der Waals surface area contributed by atoms with Crippen LogP contribution in [-0.4, -0.2) is 47.3 Å². The molecule has 1 fully saturated rings. The lowest BCUT2D eigenvalue weighted by atomic mass is 9.82. The van der Waals surface area contributed by atoms with E-state index in [4.69, 9.17) is 4.74 Å². The van der Waals surface area contributed by atoms with Gasteiger partial charge in [-0.05, 0) is 55.9 Å². The number of halogens is 4. The van der Waals surface area contributed by atoms with E-state index in [-0.39, 0.29) is 30.3 Å². The Kier molecular flexibility index (Phi) is 5.38. The van der Waals surface area contributed by atoms with E-state index in [0.717, 1.165) is 29.0 Å². The highest BCUT2D eigenvalue weighted by Gasteiger charge is 2.52. The molecule has 0 saturated heterocycles. The van der Waals surface area contributed by atoms with Crippen molar-refractivity contribution < 1.29 is 27.1 Å². The predicted octanol–water partition coefficient (Wildman–Crippen LogP) is 4.66. The van der Waals surface area contributed by atoms with Crippen LogP contribution in [0.15, 0.2) is 24.3 Å². The third-order valence-electron chi connectivity index (χ3n) is 5.97. The Morgan fingerprint density at radius 2 is 2.03 bits per heavy atom. The molecule has 1 aromatic carbocycles. The monoisotopic (exact) mass is 423 g/mol. The second-order valence-electron chi connectivity index (χ2n) is 7.82. The number of amides is 1. The van der Waals surface area contributed by atoms with Gasteiger partial charge < -0.3 is 9.64 Å². The van der Waals surface area contributed by atoms with Gasteiger partial charge in [-0.1, -0.05) is 6.07 Å². The number of carbonyl (C=O) groups excluding carboxylic acids is 1. The van der Waals surface area contributed by atoms with Crippen LogP contribution in [0.25, 0.3) is 11.3 Å². The highest BCUT2D eigenvalue weighted by Crippen LogP contribution is 2.57. The SMILES string of the molecule is CCOC(=O)N(CC(F)F)C[C@]12CC[C@H](C1)c1cc(-c3c(F)cccc3F)nnc12. The number of benzene rings is 1. The third kappa shape index (κ3) is 3.50. The van der Waals surface area contributed by atoms with Gasteiger partial charge in [0.15, 0.2) is 0 Å². The van der Waals surface area contributed by atoms with Crippen LogP contribution in [0.3, 0.4) is 0 Å². The minimum atomic E-state index is -2.69. The summed E-state index contributed by atoms with van der Waals surface area (Å²) in [7, 11) is 0. The van der Waals surface area contributed by atoms with Gasteiger partial charge >= 0.3 is 6.09 Å². The van der Waals surface area contributed by atoms with Crippen molar-refractivity contribution in [3.8, 4) is 11.3 Å². The first-order chi connectivity index (χ1) is 14.3. The minimum Gasteiger partial charge on any atom is -0.450 e. The number of hydrogen-bond acceptors (Lipinski definition) is 4. The summed E-state index contributed by atoms with van der Waals surface area (Å²) < 4.78 is 59.4. The van der Waals surface area contributed by atoms with Crippen LogP contribution in [0.5, 0.6) is 0 Å². The zero-order valence-corrected chi connectivity index (χ0v) is 16.4. The lowest BCUT2D eigenvalue weighted by Gasteiger charge is -2.33. The summed E-state index contributed by atoms with van der Waals surface area (Å²) in [4.78, 5) is 13.2. The number of rotatable bonds is 6. The summed E-state index contributed by atoms with van der Waals surface area (Å²) in [5.74, 6) is -1.38.